The van der Waals surface area contributed by atoms with Crippen LogP contribution < -0.4 is 10.6 Å². The number of thioether (sulfide) groups is 1. The van der Waals surface area contributed by atoms with Crippen LogP contribution in [0.25, 0.3) is 11.1 Å². The van der Waals surface area contributed by atoms with Crippen LogP contribution in [0.5, 0.6) is 0 Å². The van der Waals surface area contributed by atoms with E-state index in [0.717, 1.165) is 11.1 Å². The van der Waals surface area contributed by atoms with Gasteiger partial charge in [0.15, 0.2) is 0 Å². The second kappa shape index (κ2) is 26.7. The SMILES string of the molecule is CCOCCOCCOCCOCCOCCSCCCO[C@]1(C(=O)O)C[C@H](O)[C@@H](NC(C)=O)[C@H]([C@H](O)[C@H](O)CNC(=O)c2ccc(-c3ccccc3)cc2)O1. The van der Waals surface area contributed by atoms with E-state index in [9.17, 15) is 34.8 Å². The molecule has 314 valence electrons. The summed E-state index contributed by atoms with van der Waals surface area (Å²) in [4.78, 5) is 37.4. The molecule has 56 heavy (non-hydrogen) atoms. The van der Waals surface area contributed by atoms with E-state index in [-0.39, 0.29) is 6.61 Å². The van der Waals surface area contributed by atoms with E-state index in [1.807, 2.05) is 37.3 Å². The molecular weight excluding hydrogens is 752 g/mol. The molecule has 1 aliphatic rings. The van der Waals surface area contributed by atoms with E-state index in [4.69, 9.17) is 33.2 Å². The van der Waals surface area contributed by atoms with Crippen molar-refractivity contribution in [2.75, 3.05) is 90.7 Å². The maximum atomic E-state index is 12.9. The van der Waals surface area contributed by atoms with Crippen LogP contribution >= 0.6 is 11.8 Å². The van der Waals surface area contributed by atoms with Crippen molar-refractivity contribution in [2.24, 2.45) is 0 Å². The summed E-state index contributed by atoms with van der Waals surface area (Å²) in [5.41, 5.74) is 2.20. The summed E-state index contributed by atoms with van der Waals surface area (Å²) in [5, 5.41) is 48.3. The van der Waals surface area contributed by atoms with Gasteiger partial charge in [0.05, 0.1) is 84.3 Å². The van der Waals surface area contributed by atoms with Gasteiger partial charge in [-0.1, -0.05) is 42.5 Å². The van der Waals surface area contributed by atoms with Crippen molar-refractivity contribution in [1.82, 2.24) is 10.6 Å². The van der Waals surface area contributed by atoms with Gasteiger partial charge in [0.1, 0.15) is 12.2 Å². The second-order valence-corrected chi connectivity index (χ2v) is 14.0. The van der Waals surface area contributed by atoms with Gasteiger partial charge >= 0.3 is 5.97 Å². The molecule has 1 heterocycles. The lowest BCUT2D eigenvalue weighted by atomic mass is 9.88. The van der Waals surface area contributed by atoms with Crippen molar-refractivity contribution < 1.29 is 68.0 Å². The lowest BCUT2D eigenvalue weighted by molar-refractivity contribution is -0.310. The lowest BCUT2D eigenvalue weighted by Crippen LogP contribution is -2.68. The van der Waals surface area contributed by atoms with Crippen LogP contribution in [0.15, 0.2) is 54.6 Å². The van der Waals surface area contributed by atoms with E-state index in [1.165, 1.54) is 6.92 Å². The van der Waals surface area contributed by atoms with Crippen molar-refractivity contribution in [2.45, 2.75) is 62.9 Å². The molecule has 1 saturated heterocycles. The third kappa shape index (κ3) is 16.7. The van der Waals surface area contributed by atoms with Crippen molar-refractivity contribution in [3.8, 4) is 11.1 Å². The summed E-state index contributed by atoms with van der Waals surface area (Å²) in [5.74, 6) is -3.73. The highest BCUT2D eigenvalue weighted by atomic mass is 32.2. The number of rotatable bonds is 29. The lowest BCUT2D eigenvalue weighted by Gasteiger charge is -2.46. The van der Waals surface area contributed by atoms with Gasteiger partial charge < -0.3 is 64.2 Å². The Bertz CT molecular complexity index is 1410. The number of carbonyl (C=O) groups excluding carboxylic acids is 2. The van der Waals surface area contributed by atoms with Gasteiger partial charge in [0.2, 0.25) is 5.91 Å². The van der Waals surface area contributed by atoms with Crippen LogP contribution in [-0.4, -0.2) is 165 Å². The summed E-state index contributed by atoms with van der Waals surface area (Å²) < 4.78 is 38.6. The molecule has 16 nitrogen and oxygen atoms in total. The van der Waals surface area contributed by atoms with Crippen LogP contribution in [0, 0.1) is 0 Å². The number of hydrogen-bond acceptors (Lipinski definition) is 14. The Kier molecular flexibility index (Phi) is 22.5. The van der Waals surface area contributed by atoms with Gasteiger partial charge in [-0.05, 0) is 42.4 Å². The number of carbonyl (C=O) groups is 3. The maximum absolute atomic E-state index is 12.9. The minimum Gasteiger partial charge on any atom is -0.477 e. The van der Waals surface area contributed by atoms with E-state index in [0.29, 0.717) is 89.6 Å². The molecule has 0 aliphatic carbocycles. The number of carboxylic acids is 1. The minimum atomic E-state index is -2.38. The van der Waals surface area contributed by atoms with Crippen LogP contribution in [0.3, 0.4) is 0 Å². The normalized spacial score (nSPS) is 20.6. The average Bonchev–Trinajstić information content (AvgIpc) is 3.19. The number of ether oxygens (including phenoxy) is 7. The third-order valence-electron chi connectivity index (χ3n) is 8.56. The molecule has 0 bridgehead atoms. The highest BCUT2D eigenvalue weighted by Gasteiger charge is 2.55. The number of aliphatic hydroxyl groups excluding tert-OH is 3. The first-order chi connectivity index (χ1) is 27.1. The number of carboxylic acid groups (broad SMARTS) is 1. The molecule has 3 rings (SSSR count). The minimum absolute atomic E-state index is 0.0581. The first-order valence-corrected chi connectivity index (χ1v) is 20.0. The number of hydrogen-bond donors (Lipinski definition) is 6. The van der Waals surface area contributed by atoms with E-state index in [1.54, 1.807) is 36.0 Å². The standard InChI is InChI=1S/C39H58N2O14S/c1-3-49-15-16-50-17-18-51-19-20-52-21-22-53-23-25-56-24-7-14-54-39(38(47)48)26-32(43)34(41-28(2)42)36(55-39)35(45)33(44)27-40-37(46)31-12-10-30(11-13-31)29-8-5-4-6-9-29/h4-6,8-13,32-36,43-45H,3,7,14-27H2,1-2H3,(H,40,46)(H,41,42)(H,47,48)/t32-,33+,34+,35+,36+,39+/m0/s1. The number of amides is 2. The summed E-state index contributed by atoms with van der Waals surface area (Å²) in [7, 11) is 0. The first-order valence-electron chi connectivity index (χ1n) is 18.8. The van der Waals surface area contributed by atoms with Gasteiger partial charge in [0.25, 0.3) is 11.7 Å². The Morgan fingerprint density at radius 1 is 0.821 bits per heavy atom. The van der Waals surface area contributed by atoms with Gasteiger partial charge in [-0.15, -0.1) is 0 Å². The zero-order valence-corrected chi connectivity index (χ0v) is 33.0. The Balaban J connectivity index is 1.38. The predicted molar refractivity (Wildman–Crippen MR) is 207 cm³/mol. The van der Waals surface area contributed by atoms with Crippen LogP contribution in [-0.2, 0) is 42.7 Å². The Morgan fingerprint density at radius 3 is 1.96 bits per heavy atom. The summed E-state index contributed by atoms with van der Waals surface area (Å²) in [6, 6.07) is 15.1. The summed E-state index contributed by atoms with van der Waals surface area (Å²) in [6.07, 6.45) is -6.78. The fourth-order valence-electron chi connectivity index (χ4n) is 5.68. The zero-order chi connectivity index (χ0) is 40.6. The molecule has 0 radical (unpaired) electrons. The van der Waals surface area contributed by atoms with Gasteiger partial charge in [0, 0.05) is 37.8 Å². The molecule has 17 heteroatoms. The largest absolute Gasteiger partial charge is 0.477 e. The molecule has 0 spiro atoms. The fraction of sp³-hybridized carbons (Fsp3) is 0.615. The molecule has 6 atom stereocenters. The summed E-state index contributed by atoms with van der Waals surface area (Å²) >= 11 is 1.58. The second-order valence-electron chi connectivity index (χ2n) is 12.8. The molecule has 6 N–H and O–H groups in total. The van der Waals surface area contributed by atoms with Crippen molar-refractivity contribution in [3.05, 3.63) is 60.2 Å². The van der Waals surface area contributed by atoms with Crippen LogP contribution in [0.1, 0.15) is 37.0 Å². The van der Waals surface area contributed by atoms with Gasteiger partial charge in [-0.3, -0.25) is 9.59 Å². The van der Waals surface area contributed by atoms with Crippen molar-refractivity contribution >= 4 is 29.5 Å². The highest BCUT2D eigenvalue weighted by Crippen LogP contribution is 2.34. The number of benzene rings is 2. The monoisotopic (exact) mass is 810 g/mol. The topological polar surface area (TPSA) is 221 Å². The maximum Gasteiger partial charge on any atom is 0.364 e. The number of aliphatic hydroxyl groups is 3. The molecule has 0 aromatic heterocycles. The molecule has 0 saturated carbocycles. The highest BCUT2D eigenvalue weighted by molar-refractivity contribution is 7.99. The van der Waals surface area contributed by atoms with Gasteiger partial charge in [-0.25, -0.2) is 4.79 Å². The average molecular weight is 811 g/mol. The summed E-state index contributed by atoms with van der Waals surface area (Å²) in [6.45, 7) is 7.67. The van der Waals surface area contributed by atoms with Crippen LogP contribution in [0.2, 0.25) is 0 Å². The molecule has 2 aromatic rings. The third-order valence-corrected chi connectivity index (χ3v) is 9.59. The van der Waals surface area contributed by atoms with E-state index < -0.39 is 67.0 Å². The predicted octanol–water partition coefficient (Wildman–Crippen LogP) is 1.48. The molecule has 1 fully saturated rings. The quantitative estimate of drug-likeness (QED) is 0.0641. The number of aliphatic carboxylic acids is 1. The van der Waals surface area contributed by atoms with Gasteiger partial charge in [-0.2, -0.15) is 11.8 Å². The van der Waals surface area contributed by atoms with Crippen LogP contribution in [0.4, 0.5) is 0 Å². The van der Waals surface area contributed by atoms with Crippen molar-refractivity contribution in [1.29, 1.82) is 0 Å². The smallest absolute Gasteiger partial charge is 0.364 e. The van der Waals surface area contributed by atoms with Crippen molar-refractivity contribution in [3.63, 3.8) is 0 Å². The molecular formula is C39H58N2O14S. The molecule has 2 aromatic carbocycles. The fourth-order valence-corrected chi connectivity index (χ4v) is 6.44. The van der Waals surface area contributed by atoms with E-state index in [2.05, 4.69) is 10.6 Å². The Labute approximate surface area is 332 Å². The molecule has 2 amide bonds. The zero-order valence-electron chi connectivity index (χ0n) is 32.2. The molecule has 0 unspecified atom stereocenters. The van der Waals surface area contributed by atoms with E-state index >= 15 is 0 Å². The Hall–Kier alpha value is -3.20. The Morgan fingerprint density at radius 2 is 1.39 bits per heavy atom. The molecule has 1 aliphatic heterocycles. The number of nitrogens with one attached hydrogen (secondary N) is 2. The first kappa shape index (κ1) is 47.2.